The van der Waals surface area contributed by atoms with E-state index in [1.807, 2.05) is 42.5 Å². The summed E-state index contributed by atoms with van der Waals surface area (Å²) < 4.78 is 0. The number of nitrogens with two attached hydrogens (primary N) is 1. The van der Waals surface area contributed by atoms with Crippen LogP contribution >= 0.6 is 11.8 Å². The molecule has 1 heterocycles. The molecule has 2 rings (SSSR count). The Balaban J connectivity index is 2.20. The standard InChI is InChI=1S/C14H15N3OS/c15-14(17-18)10-13(11-4-2-1-3-5-11)19-12-6-8-16-9-7-12/h1-9,13,18H,10H2,(H2,15,17). The molecule has 0 aliphatic carbocycles. The van der Waals surface area contributed by atoms with E-state index in [0.717, 1.165) is 10.5 Å². The Hall–Kier alpha value is -2.01. The highest BCUT2D eigenvalue weighted by molar-refractivity contribution is 7.99. The van der Waals surface area contributed by atoms with Crippen molar-refractivity contribution in [2.45, 2.75) is 16.6 Å². The van der Waals surface area contributed by atoms with Crippen molar-refractivity contribution in [2.24, 2.45) is 10.9 Å². The Morgan fingerprint density at radius 1 is 1.21 bits per heavy atom. The molecule has 98 valence electrons. The van der Waals surface area contributed by atoms with Gasteiger partial charge < -0.3 is 10.9 Å². The first-order valence-corrected chi connectivity index (χ1v) is 6.75. The summed E-state index contributed by atoms with van der Waals surface area (Å²) in [4.78, 5) is 5.11. The second kappa shape index (κ2) is 6.80. The van der Waals surface area contributed by atoms with E-state index in [0.29, 0.717) is 6.42 Å². The lowest BCUT2D eigenvalue weighted by atomic mass is 10.1. The predicted molar refractivity (Wildman–Crippen MR) is 77.3 cm³/mol. The number of rotatable bonds is 5. The highest BCUT2D eigenvalue weighted by Crippen LogP contribution is 2.37. The predicted octanol–water partition coefficient (Wildman–Crippen LogP) is 3.05. The van der Waals surface area contributed by atoms with Crippen LogP contribution < -0.4 is 5.73 Å². The molecule has 1 aromatic heterocycles. The number of hydrogen-bond acceptors (Lipinski definition) is 4. The Morgan fingerprint density at radius 2 is 1.89 bits per heavy atom. The average molecular weight is 273 g/mol. The Bertz CT molecular complexity index is 531. The maximum Gasteiger partial charge on any atom is 0.140 e. The summed E-state index contributed by atoms with van der Waals surface area (Å²) in [6, 6.07) is 13.9. The van der Waals surface area contributed by atoms with Crippen LogP contribution in [0.2, 0.25) is 0 Å². The van der Waals surface area contributed by atoms with E-state index in [4.69, 9.17) is 10.9 Å². The van der Waals surface area contributed by atoms with E-state index in [1.54, 1.807) is 24.2 Å². The minimum absolute atomic E-state index is 0.111. The third kappa shape index (κ3) is 3.99. The van der Waals surface area contributed by atoms with E-state index in [2.05, 4.69) is 10.1 Å². The van der Waals surface area contributed by atoms with Crippen LogP contribution in [0, 0.1) is 0 Å². The van der Waals surface area contributed by atoms with E-state index >= 15 is 0 Å². The van der Waals surface area contributed by atoms with Crippen LogP contribution in [0.1, 0.15) is 17.2 Å². The number of amidine groups is 1. The van der Waals surface area contributed by atoms with E-state index in [-0.39, 0.29) is 11.1 Å². The molecular weight excluding hydrogens is 258 g/mol. The molecule has 0 saturated carbocycles. The van der Waals surface area contributed by atoms with Gasteiger partial charge in [0.1, 0.15) is 5.84 Å². The number of thioether (sulfide) groups is 1. The topological polar surface area (TPSA) is 71.5 Å². The van der Waals surface area contributed by atoms with Gasteiger partial charge in [-0.15, -0.1) is 11.8 Å². The third-order valence-electron chi connectivity index (χ3n) is 2.62. The maximum absolute atomic E-state index is 8.74. The number of nitrogens with zero attached hydrogens (tertiary/aromatic N) is 2. The van der Waals surface area contributed by atoms with Crippen molar-refractivity contribution in [3.8, 4) is 0 Å². The molecule has 0 aliphatic heterocycles. The Kier molecular flexibility index (Phi) is 4.80. The molecule has 0 radical (unpaired) electrons. The minimum atomic E-state index is 0.111. The van der Waals surface area contributed by atoms with Crippen LogP contribution in [0.15, 0.2) is 64.9 Å². The number of benzene rings is 1. The summed E-state index contributed by atoms with van der Waals surface area (Å²) in [6.45, 7) is 0. The van der Waals surface area contributed by atoms with Crippen LogP contribution in [0.4, 0.5) is 0 Å². The number of pyridine rings is 1. The zero-order chi connectivity index (χ0) is 13.5. The summed E-state index contributed by atoms with van der Waals surface area (Å²) >= 11 is 1.67. The highest BCUT2D eigenvalue weighted by atomic mass is 32.2. The Labute approximate surface area is 116 Å². The summed E-state index contributed by atoms with van der Waals surface area (Å²) in [5.74, 6) is 0.232. The molecule has 2 aromatic rings. The molecule has 1 aromatic carbocycles. The first-order chi connectivity index (χ1) is 9.29. The van der Waals surface area contributed by atoms with Gasteiger partial charge in [0, 0.05) is 29.0 Å². The Morgan fingerprint density at radius 3 is 2.53 bits per heavy atom. The van der Waals surface area contributed by atoms with Gasteiger partial charge in [0.25, 0.3) is 0 Å². The first-order valence-electron chi connectivity index (χ1n) is 5.87. The molecule has 0 bridgehead atoms. The fraction of sp³-hybridized carbons (Fsp3) is 0.143. The van der Waals surface area contributed by atoms with Crippen LogP contribution in [-0.2, 0) is 0 Å². The molecule has 0 spiro atoms. The van der Waals surface area contributed by atoms with Gasteiger partial charge in [-0.05, 0) is 17.7 Å². The van der Waals surface area contributed by atoms with E-state index in [9.17, 15) is 0 Å². The second-order valence-electron chi connectivity index (χ2n) is 4.00. The number of hydrogen-bond donors (Lipinski definition) is 2. The van der Waals surface area contributed by atoms with Crippen molar-refractivity contribution in [1.29, 1.82) is 0 Å². The molecule has 0 amide bonds. The van der Waals surface area contributed by atoms with Gasteiger partial charge in [0.2, 0.25) is 0 Å². The van der Waals surface area contributed by atoms with Crippen molar-refractivity contribution in [1.82, 2.24) is 4.98 Å². The third-order valence-corrected chi connectivity index (χ3v) is 3.89. The second-order valence-corrected chi connectivity index (χ2v) is 5.27. The maximum atomic E-state index is 8.74. The van der Waals surface area contributed by atoms with E-state index in [1.165, 1.54) is 0 Å². The fourth-order valence-electron chi connectivity index (χ4n) is 1.71. The molecule has 0 saturated heterocycles. The van der Waals surface area contributed by atoms with Gasteiger partial charge in [-0.3, -0.25) is 4.98 Å². The quantitative estimate of drug-likeness (QED) is 0.289. The van der Waals surface area contributed by atoms with Crippen molar-refractivity contribution in [3.63, 3.8) is 0 Å². The zero-order valence-corrected chi connectivity index (χ0v) is 11.1. The normalized spacial score (nSPS) is 13.2. The lowest BCUT2D eigenvalue weighted by molar-refractivity contribution is 0.317. The van der Waals surface area contributed by atoms with Crippen LogP contribution in [0.5, 0.6) is 0 Å². The largest absolute Gasteiger partial charge is 0.409 e. The lowest BCUT2D eigenvalue weighted by Crippen LogP contribution is -2.14. The van der Waals surface area contributed by atoms with Crippen molar-refractivity contribution < 1.29 is 5.21 Å². The fourth-order valence-corrected chi connectivity index (χ4v) is 2.86. The molecule has 0 fully saturated rings. The summed E-state index contributed by atoms with van der Waals surface area (Å²) in [6.07, 6.45) is 4.01. The molecule has 4 nitrogen and oxygen atoms in total. The van der Waals surface area contributed by atoms with E-state index < -0.39 is 0 Å². The molecule has 19 heavy (non-hydrogen) atoms. The molecular formula is C14H15N3OS. The summed E-state index contributed by atoms with van der Waals surface area (Å²) in [5, 5.41) is 11.9. The van der Waals surface area contributed by atoms with Crippen molar-refractivity contribution >= 4 is 17.6 Å². The zero-order valence-electron chi connectivity index (χ0n) is 10.3. The summed E-state index contributed by atoms with van der Waals surface area (Å²) in [7, 11) is 0. The first kappa shape index (κ1) is 13.4. The smallest absolute Gasteiger partial charge is 0.140 e. The van der Waals surface area contributed by atoms with Gasteiger partial charge >= 0.3 is 0 Å². The number of aromatic nitrogens is 1. The average Bonchev–Trinajstić information content (AvgIpc) is 2.48. The van der Waals surface area contributed by atoms with Gasteiger partial charge in [0.15, 0.2) is 0 Å². The number of oxime groups is 1. The molecule has 1 atom stereocenters. The molecule has 1 unspecified atom stereocenters. The van der Waals surface area contributed by atoms with Gasteiger partial charge in [-0.1, -0.05) is 35.5 Å². The van der Waals surface area contributed by atoms with Crippen LogP contribution in [0.3, 0.4) is 0 Å². The molecule has 5 heteroatoms. The van der Waals surface area contributed by atoms with Crippen molar-refractivity contribution in [3.05, 3.63) is 60.4 Å². The van der Waals surface area contributed by atoms with Gasteiger partial charge in [-0.25, -0.2) is 0 Å². The lowest BCUT2D eigenvalue weighted by Gasteiger charge is -2.16. The van der Waals surface area contributed by atoms with Crippen molar-refractivity contribution in [2.75, 3.05) is 0 Å². The van der Waals surface area contributed by atoms with Crippen LogP contribution in [0.25, 0.3) is 0 Å². The highest BCUT2D eigenvalue weighted by Gasteiger charge is 2.15. The monoisotopic (exact) mass is 273 g/mol. The summed E-state index contributed by atoms with van der Waals surface area (Å²) in [5.41, 5.74) is 6.79. The molecule has 0 aliphatic rings. The van der Waals surface area contributed by atoms with Gasteiger partial charge in [0.05, 0.1) is 0 Å². The minimum Gasteiger partial charge on any atom is -0.409 e. The van der Waals surface area contributed by atoms with Crippen LogP contribution in [-0.4, -0.2) is 16.0 Å². The SMILES string of the molecule is NC(CC(Sc1ccncc1)c1ccccc1)=NO. The molecule has 3 N–H and O–H groups in total. The van der Waals surface area contributed by atoms with Gasteiger partial charge in [-0.2, -0.15) is 0 Å².